The molecule has 6 nitrogen and oxygen atoms in total. The van der Waals surface area contributed by atoms with Gasteiger partial charge in [-0.1, -0.05) is 20.8 Å². The van der Waals surface area contributed by atoms with Crippen LogP contribution >= 0.6 is 0 Å². The molecule has 25 heavy (non-hydrogen) atoms. The molecule has 2 aromatic rings. The molecule has 0 aliphatic rings. The van der Waals surface area contributed by atoms with E-state index in [0.29, 0.717) is 40.9 Å². The van der Waals surface area contributed by atoms with E-state index in [2.05, 4.69) is 5.32 Å². The average molecular weight is 346 g/mol. The van der Waals surface area contributed by atoms with Crippen LogP contribution in [-0.4, -0.2) is 31.2 Å². The van der Waals surface area contributed by atoms with Crippen LogP contribution in [0.4, 0.5) is 0 Å². The molecule has 0 aliphatic carbocycles. The Hall–Kier alpha value is -2.50. The number of carbonyl (C=O) groups excluding carboxylic acids is 1. The lowest BCUT2D eigenvalue weighted by Gasteiger charge is -2.20. The van der Waals surface area contributed by atoms with Crippen LogP contribution in [-0.2, 0) is 6.54 Å². The zero-order chi connectivity index (χ0) is 18.8. The summed E-state index contributed by atoms with van der Waals surface area (Å²) in [5.41, 5.74) is 0.249. The van der Waals surface area contributed by atoms with Gasteiger partial charge in [-0.05, 0) is 24.5 Å². The minimum atomic E-state index is -0.214. The van der Waals surface area contributed by atoms with Gasteiger partial charge in [0.1, 0.15) is 0 Å². The molecular formula is C19H26N2O4. The van der Waals surface area contributed by atoms with Crippen LogP contribution in [0.3, 0.4) is 0 Å². The van der Waals surface area contributed by atoms with Gasteiger partial charge in [-0.25, -0.2) is 0 Å². The third-order valence-electron chi connectivity index (χ3n) is 3.95. The fraction of sp³-hybridized carbons (Fsp3) is 0.474. The summed E-state index contributed by atoms with van der Waals surface area (Å²) < 4.78 is 12.1. The third-order valence-corrected chi connectivity index (χ3v) is 3.95. The summed E-state index contributed by atoms with van der Waals surface area (Å²) in [6, 6.07) is 3.31. The molecule has 1 amide bonds. The molecule has 0 saturated carbocycles. The standard InChI is InChI=1S/C19H26N2O4/c1-7-21-10-14(17(22)20-11-19(2,3)4)12-8-15(24-5)16(25-6)9-13(12)18(21)23/h8-10H,7,11H2,1-6H3,(H,20,22). The monoisotopic (exact) mass is 346 g/mol. The number of aryl methyl sites for hydroxylation is 1. The summed E-state index contributed by atoms with van der Waals surface area (Å²) in [6.07, 6.45) is 1.61. The van der Waals surface area contributed by atoms with Gasteiger partial charge in [0.05, 0.1) is 25.2 Å². The topological polar surface area (TPSA) is 69.6 Å². The third kappa shape index (κ3) is 3.95. The predicted molar refractivity (Wildman–Crippen MR) is 98.8 cm³/mol. The quantitative estimate of drug-likeness (QED) is 0.904. The Morgan fingerprint density at radius 1 is 1.12 bits per heavy atom. The Balaban J connectivity index is 2.67. The number of methoxy groups -OCH3 is 2. The maximum atomic E-state index is 12.7. The van der Waals surface area contributed by atoms with Crippen LogP contribution in [0.25, 0.3) is 10.8 Å². The molecule has 1 aromatic heterocycles. The second-order valence-corrected chi connectivity index (χ2v) is 7.13. The number of fused-ring (bicyclic) bond motifs is 1. The van der Waals surface area contributed by atoms with Gasteiger partial charge in [0.15, 0.2) is 11.5 Å². The van der Waals surface area contributed by atoms with Gasteiger partial charge in [-0.3, -0.25) is 9.59 Å². The van der Waals surface area contributed by atoms with E-state index in [9.17, 15) is 9.59 Å². The number of aromatic nitrogens is 1. The van der Waals surface area contributed by atoms with Gasteiger partial charge >= 0.3 is 0 Å². The molecule has 1 aromatic carbocycles. The first-order chi connectivity index (χ1) is 11.7. The van der Waals surface area contributed by atoms with Gasteiger partial charge in [-0.2, -0.15) is 0 Å². The zero-order valence-corrected chi connectivity index (χ0v) is 15.7. The summed E-state index contributed by atoms with van der Waals surface area (Å²) in [6.45, 7) is 9.02. The van der Waals surface area contributed by atoms with Crippen LogP contribution in [0.1, 0.15) is 38.1 Å². The lowest BCUT2D eigenvalue weighted by atomic mass is 9.96. The highest BCUT2D eigenvalue weighted by Crippen LogP contribution is 2.32. The van der Waals surface area contributed by atoms with Crippen molar-refractivity contribution in [3.05, 3.63) is 34.2 Å². The lowest BCUT2D eigenvalue weighted by molar-refractivity contribution is 0.0940. The largest absolute Gasteiger partial charge is 0.493 e. The number of nitrogens with one attached hydrogen (secondary N) is 1. The fourth-order valence-electron chi connectivity index (χ4n) is 2.57. The summed E-state index contributed by atoms with van der Waals surface area (Å²) in [7, 11) is 3.04. The first-order valence-electron chi connectivity index (χ1n) is 8.29. The molecule has 0 spiro atoms. The van der Waals surface area contributed by atoms with Crippen molar-refractivity contribution in [3.63, 3.8) is 0 Å². The van der Waals surface area contributed by atoms with E-state index in [1.54, 1.807) is 18.3 Å². The maximum absolute atomic E-state index is 12.7. The van der Waals surface area contributed by atoms with E-state index >= 15 is 0 Å². The molecule has 6 heteroatoms. The van der Waals surface area contributed by atoms with E-state index in [4.69, 9.17) is 9.47 Å². The highest BCUT2D eigenvalue weighted by atomic mass is 16.5. The molecule has 0 unspecified atom stereocenters. The molecule has 2 rings (SSSR count). The fourth-order valence-corrected chi connectivity index (χ4v) is 2.57. The first kappa shape index (κ1) is 18.8. The second kappa shape index (κ2) is 7.17. The minimum Gasteiger partial charge on any atom is -0.493 e. The van der Waals surface area contributed by atoms with E-state index < -0.39 is 0 Å². The molecule has 0 atom stereocenters. The maximum Gasteiger partial charge on any atom is 0.258 e. The van der Waals surface area contributed by atoms with Crippen molar-refractivity contribution < 1.29 is 14.3 Å². The van der Waals surface area contributed by atoms with Gasteiger partial charge in [0.2, 0.25) is 0 Å². The smallest absolute Gasteiger partial charge is 0.258 e. The average Bonchev–Trinajstić information content (AvgIpc) is 2.58. The minimum absolute atomic E-state index is 0.0361. The van der Waals surface area contributed by atoms with Crippen LogP contribution in [0.2, 0.25) is 0 Å². The van der Waals surface area contributed by atoms with Crippen molar-refractivity contribution in [2.75, 3.05) is 20.8 Å². The van der Waals surface area contributed by atoms with E-state index in [-0.39, 0.29) is 16.9 Å². The van der Waals surface area contributed by atoms with Crippen molar-refractivity contribution >= 4 is 16.7 Å². The van der Waals surface area contributed by atoms with Crippen LogP contribution < -0.4 is 20.3 Å². The van der Waals surface area contributed by atoms with Crippen molar-refractivity contribution in [1.82, 2.24) is 9.88 Å². The molecule has 0 fully saturated rings. The van der Waals surface area contributed by atoms with Crippen molar-refractivity contribution in [2.24, 2.45) is 5.41 Å². The van der Waals surface area contributed by atoms with Gasteiger partial charge in [0, 0.05) is 24.7 Å². The first-order valence-corrected chi connectivity index (χ1v) is 8.29. The number of hydrogen-bond acceptors (Lipinski definition) is 4. The molecule has 1 N–H and O–H groups in total. The van der Waals surface area contributed by atoms with Crippen molar-refractivity contribution in [1.29, 1.82) is 0 Å². The van der Waals surface area contributed by atoms with E-state index in [1.165, 1.54) is 18.8 Å². The molecule has 0 bridgehead atoms. The summed E-state index contributed by atoms with van der Waals surface area (Å²) >= 11 is 0. The Morgan fingerprint density at radius 3 is 2.16 bits per heavy atom. The summed E-state index contributed by atoms with van der Waals surface area (Å²) in [4.78, 5) is 25.4. The molecular weight excluding hydrogens is 320 g/mol. The van der Waals surface area contributed by atoms with E-state index in [1.807, 2.05) is 27.7 Å². The van der Waals surface area contributed by atoms with Crippen molar-refractivity contribution in [2.45, 2.75) is 34.2 Å². The highest BCUT2D eigenvalue weighted by Gasteiger charge is 2.19. The molecule has 0 saturated heterocycles. The predicted octanol–water partition coefficient (Wildman–Crippen LogP) is 2.81. The second-order valence-electron chi connectivity index (χ2n) is 7.13. The van der Waals surface area contributed by atoms with Gasteiger partial charge in [-0.15, -0.1) is 0 Å². The molecule has 1 heterocycles. The van der Waals surface area contributed by atoms with Crippen molar-refractivity contribution in [3.8, 4) is 11.5 Å². The van der Waals surface area contributed by atoms with Crippen LogP contribution in [0, 0.1) is 5.41 Å². The molecule has 0 radical (unpaired) electrons. The van der Waals surface area contributed by atoms with Crippen LogP contribution in [0.15, 0.2) is 23.1 Å². The number of hydrogen-bond donors (Lipinski definition) is 1. The number of ether oxygens (including phenoxy) is 2. The Kier molecular flexibility index (Phi) is 5.40. The number of nitrogens with zero attached hydrogens (tertiary/aromatic N) is 1. The Morgan fingerprint density at radius 2 is 1.68 bits per heavy atom. The highest BCUT2D eigenvalue weighted by molar-refractivity contribution is 6.07. The molecule has 0 aliphatic heterocycles. The number of carbonyl (C=O) groups is 1. The van der Waals surface area contributed by atoms with Gasteiger partial charge in [0.25, 0.3) is 11.5 Å². The van der Waals surface area contributed by atoms with Crippen LogP contribution in [0.5, 0.6) is 11.5 Å². The summed E-state index contributed by atoms with van der Waals surface area (Å²) in [5, 5.41) is 3.93. The SMILES string of the molecule is CCn1cc(C(=O)NCC(C)(C)C)c2cc(OC)c(OC)cc2c1=O. The Labute approximate surface area is 147 Å². The zero-order valence-electron chi connectivity index (χ0n) is 15.7. The normalized spacial score (nSPS) is 11.4. The molecule has 136 valence electrons. The summed E-state index contributed by atoms with van der Waals surface area (Å²) in [5.74, 6) is 0.727. The number of benzene rings is 1. The Bertz CT molecular complexity index is 847. The van der Waals surface area contributed by atoms with Gasteiger partial charge < -0.3 is 19.4 Å². The number of amides is 1. The van der Waals surface area contributed by atoms with E-state index in [0.717, 1.165) is 0 Å². The number of rotatable bonds is 5. The number of pyridine rings is 1. The lowest BCUT2D eigenvalue weighted by Crippen LogP contribution is -2.33.